The summed E-state index contributed by atoms with van der Waals surface area (Å²) in [7, 11) is 0. The van der Waals surface area contributed by atoms with Gasteiger partial charge in [0.2, 0.25) is 5.91 Å². The SMILES string of the molecule is CC1=C(/C=C\N)CC(=O)NC1=O. The average Bonchev–Trinajstić information content (AvgIpc) is 2.00. The Labute approximate surface area is 70.1 Å². The fourth-order valence-electron chi connectivity index (χ4n) is 1.02. The highest BCUT2D eigenvalue weighted by Gasteiger charge is 2.19. The van der Waals surface area contributed by atoms with Gasteiger partial charge in [-0.05, 0) is 24.8 Å². The van der Waals surface area contributed by atoms with Crippen LogP contribution < -0.4 is 11.1 Å². The Hall–Kier alpha value is -1.58. The molecular weight excluding hydrogens is 156 g/mol. The molecule has 0 radical (unpaired) electrons. The number of nitrogens with two attached hydrogens (primary N) is 1. The zero-order valence-electron chi connectivity index (χ0n) is 6.76. The van der Waals surface area contributed by atoms with Gasteiger partial charge in [0, 0.05) is 5.57 Å². The Morgan fingerprint density at radius 3 is 2.75 bits per heavy atom. The minimum Gasteiger partial charge on any atom is -0.405 e. The summed E-state index contributed by atoms with van der Waals surface area (Å²) >= 11 is 0. The summed E-state index contributed by atoms with van der Waals surface area (Å²) in [5.74, 6) is -0.613. The number of carbonyl (C=O) groups excluding carboxylic acids is 2. The second-order valence-corrected chi connectivity index (χ2v) is 2.56. The maximum absolute atomic E-state index is 11.0. The van der Waals surface area contributed by atoms with Crippen molar-refractivity contribution in [2.45, 2.75) is 13.3 Å². The van der Waals surface area contributed by atoms with Crippen molar-refractivity contribution in [3.8, 4) is 0 Å². The number of rotatable bonds is 1. The van der Waals surface area contributed by atoms with Crippen molar-refractivity contribution in [3.63, 3.8) is 0 Å². The van der Waals surface area contributed by atoms with Crippen molar-refractivity contribution in [1.82, 2.24) is 5.32 Å². The molecule has 0 aromatic carbocycles. The van der Waals surface area contributed by atoms with Gasteiger partial charge in [-0.1, -0.05) is 0 Å². The molecule has 1 aliphatic heterocycles. The predicted octanol–water partition coefficient (Wildman–Crippen LogP) is -0.178. The highest BCUT2D eigenvalue weighted by Crippen LogP contribution is 2.14. The first-order chi connectivity index (χ1) is 5.65. The fraction of sp³-hybridized carbons (Fsp3) is 0.250. The van der Waals surface area contributed by atoms with Gasteiger partial charge >= 0.3 is 0 Å². The zero-order chi connectivity index (χ0) is 9.14. The van der Waals surface area contributed by atoms with E-state index in [0.29, 0.717) is 11.1 Å². The lowest BCUT2D eigenvalue weighted by Crippen LogP contribution is -2.35. The van der Waals surface area contributed by atoms with E-state index in [9.17, 15) is 9.59 Å². The van der Waals surface area contributed by atoms with Crippen LogP contribution in [0.1, 0.15) is 13.3 Å². The van der Waals surface area contributed by atoms with Crippen LogP contribution in [0.5, 0.6) is 0 Å². The van der Waals surface area contributed by atoms with E-state index >= 15 is 0 Å². The molecule has 0 spiro atoms. The first-order valence-electron chi connectivity index (χ1n) is 3.57. The third-order valence-electron chi connectivity index (χ3n) is 1.72. The van der Waals surface area contributed by atoms with Crippen LogP contribution >= 0.6 is 0 Å². The number of nitrogens with one attached hydrogen (secondary N) is 1. The molecule has 0 bridgehead atoms. The number of imide groups is 1. The van der Waals surface area contributed by atoms with Crippen molar-refractivity contribution in [2.24, 2.45) is 5.73 Å². The summed E-state index contributed by atoms with van der Waals surface area (Å²) in [6, 6.07) is 0. The van der Waals surface area contributed by atoms with Crippen molar-refractivity contribution in [2.75, 3.05) is 0 Å². The van der Waals surface area contributed by atoms with E-state index in [4.69, 9.17) is 5.73 Å². The van der Waals surface area contributed by atoms with Gasteiger partial charge in [-0.15, -0.1) is 0 Å². The quantitative estimate of drug-likeness (QED) is 0.531. The summed E-state index contributed by atoms with van der Waals surface area (Å²) in [6.45, 7) is 1.66. The van der Waals surface area contributed by atoms with E-state index in [1.165, 1.54) is 6.20 Å². The molecule has 0 aliphatic carbocycles. The van der Waals surface area contributed by atoms with Crippen LogP contribution in [-0.4, -0.2) is 11.8 Å². The molecule has 0 unspecified atom stereocenters. The van der Waals surface area contributed by atoms with Crippen LogP contribution in [-0.2, 0) is 9.59 Å². The molecule has 4 heteroatoms. The van der Waals surface area contributed by atoms with Crippen molar-refractivity contribution in [3.05, 3.63) is 23.4 Å². The van der Waals surface area contributed by atoms with Crippen LogP contribution in [0.25, 0.3) is 0 Å². The Bertz CT molecular complexity index is 289. The molecule has 0 aromatic rings. The second-order valence-electron chi connectivity index (χ2n) is 2.56. The largest absolute Gasteiger partial charge is 0.405 e. The molecule has 0 fully saturated rings. The van der Waals surface area contributed by atoms with E-state index in [0.717, 1.165) is 0 Å². The number of hydrogen-bond acceptors (Lipinski definition) is 3. The van der Waals surface area contributed by atoms with Crippen molar-refractivity contribution in [1.29, 1.82) is 0 Å². The number of carbonyl (C=O) groups is 2. The van der Waals surface area contributed by atoms with Gasteiger partial charge in [0.25, 0.3) is 5.91 Å². The van der Waals surface area contributed by atoms with Gasteiger partial charge in [0.15, 0.2) is 0 Å². The molecule has 2 amide bonds. The fourth-order valence-corrected chi connectivity index (χ4v) is 1.02. The normalized spacial score (nSPS) is 18.8. The summed E-state index contributed by atoms with van der Waals surface area (Å²) in [4.78, 5) is 21.9. The molecule has 0 saturated carbocycles. The van der Waals surface area contributed by atoms with Crippen LogP contribution in [0, 0.1) is 0 Å². The Balaban J connectivity index is 3.00. The summed E-state index contributed by atoms with van der Waals surface area (Å²) in [6.07, 6.45) is 3.13. The molecule has 12 heavy (non-hydrogen) atoms. The third-order valence-corrected chi connectivity index (χ3v) is 1.72. The summed E-state index contributed by atoms with van der Waals surface area (Å²) in [5.41, 5.74) is 6.39. The van der Waals surface area contributed by atoms with Gasteiger partial charge in [0.1, 0.15) is 0 Å². The summed E-state index contributed by atoms with van der Waals surface area (Å²) < 4.78 is 0. The van der Waals surface area contributed by atoms with Gasteiger partial charge in [-0.3, -0.25) is 14.9 Å². The monoisotopic (exact) mass is 166 g/mol. The average molecular weight is 166 g/mol. The van der Waals surface area contributed by atoms with Gasteiger partial charge in [0.05, 0.1) is 6.42 Å². The van der Waals surface area contributed by atoms with Crippen LogP contribution in [0.3, 0.4) is 0 Å². The van der Waals surface area contributed by atoms with Crippen LogP contribution in [0.4, 0.5) is 0 Å². The highest BCUT2D eigenvalue weighted by molar-refractivity contribution is 6.08. The lowest BCUT2D eigenvalue weighted by atomic mass is 10.0. The Kier molecular flexibility index (Phi) is 2.28. The molecule has 0 atom stereocenters. The minimum atomic E-state index is -0.334. The predicted molar refractivity (Wildman–Crippen MR) is 43.8 cm³/mol. The lowest BCUT2D eigenvalue weighted by molar-refractivity contribution is -0.128. The van der Waals surface area contributed by atoms with E-state index in [1.807, 2.05) is 0 Å². The van der Waals surface area contributed by atoms with E-state index in [2.05, 4.69) is 5.32 Å². The summed E-state index contributed by atoms with van der Waals surface area (Å²) in [5, 5.41) is 2.21. The van der Waals surface area contributed by atoms with E-state index < -0.39 is 0 Å². The molecule has 0 aromatic heterocycles. The van der Waals surface area contributed by atoms with Crippen LogP contribution in [0.2, 0.25) is 0 Å². The first-order valence-corrected chi connectivity index (χ1v) is 3.57. The van der Waals surface area contributed by atoms with Gasteiger partial charge in [-0.2, -0.15) is 0 Å². The topological polar surface area (TPSA) is 72.2 Å². The maximum atomic E-state index is 11.0. The lowest BCUT2D eigenvalue weighted by Gasteiger charge is -2.13. The molecular formula is C8H10N2O2. The number of hydrogen-bond donors (Lipinski definition) is 2. The molecule has 1 aliphatic rings. The van der Waals surface area contributed by atoms with Crippen LogP contribution in [0.15, 0.2) is 23.4 Å². The molecule has 3 N–H and O–H groups in total. The smallest absolute Gasteiger partial charge is 0.253 e. The van der Waals surface area contributed by atoms with Crippen molar-refractivity contribution >= 4 is 11.8 Å². The minimum absolute atomic E-state index is 0.227. The highest BCUT2D eigenvalue weighted by atomic mass is 16.2. The molecule has 64 valence electrons. The van der Waals surface area contributed by atoms with E-state index in [1.54, 1.807) is 13.0 Å². The van der Waals surface area contributed by atoms with Gasteiger partial charge in [-0.25, -0.2) is 0 Å². The number of allylic oxidation sites excluding steroid dienone is 1. The standard InChI is InChI=1S/C8H10N2O2/c1-5-6(2-3-9)4-7(11)10-8(5)12/h2-3H,4,9H2,1H3,(H,10,11,12)/b3-2-. The Morgan fingerprint density at radius 1 is 1.50 bits per heavy atom. The first kappa shape index (κ1) is 8.52. The molecule has 4 nitrogen and oxygen atoms in total. The molecule has 0 saturated heterocycles. The number of amides is 2. The molecule has 1 heterocycles. The molecule has 1 rings (SSSR count). The Morgan fingerprint density at radius 2 is 2.17 bits per heavy atom. The third kappa shape index (κ3) is 1.53. The zero-order valence-corrected chi connectivity index (χ0v) is 6.76. The van der Waals surface area contributed by atoms with Gasteiger partial charge < -0.3 is 5.73 Å². The van der Waals surface area contributed by atoms with E-state index in [-0.39, 0.29) is 18.2 Å². The second kappa shape index (κ2) is 3.21. The maximum Gasteiger partial charge on any atom is 0.253 e. The van der Waals surface area contributed by atoms with Crippen molar-refractivity contribution < 1.29 is 9.59 Å².